The maximum Gasteiger partial charge on any atom is 0.224 e. The normalized spacial score (nSPS) is 14.1. The SMILES string of the molecule is CCC(C)(CO)NC(=O)Cc1ccc(Cl)cc1Cl. The molecule has 5 heteroatoms. The monoisotopic (exact) mass is 289 g/mol. The molecule has 0 bridgehead atoms. The standard InChI is InChI=1S/C13H17Cl2NO2/c1-3-13(2,8-17)16-12(18)6-9-4-5-10(14)7-11(9)15/h4-5,7,17H,3,6,8H2,1-2H3,(H,16,18). The summed E-state index contributed by atoms with van der Waals surface area (Å²) in [6.07, 6.45) is 0.829. The predicted molar refractivity (Wildman–Crippen MR) is 74.1 cm³/mol. The number of hydrogen-bond acceptors (Lipinski definition) is 2. The number of halogens is 2. The average molecular weight is 290 g/mol. The van der Waals surface area contributed by atoms with Gasteiger partial charge in [-0.2, -0.15) is 0 Å². The number of aliphatic hydroxyl groups excluding tert-OH is 1. The summed E-state index contributed by atoms with van der Waals surface area (Å²) in [4.78, 5) is 11.9. The van der Waals surface area contributed by atoms with E-state index in [4.69, 9.17) is 23.2 Å². The highest BCUT2D eigenvalue weighted by Crippen LogP contribution is 2.21. The van der Waals surface area contributed by atoms with Gasteiger partial charge in [-0.15, -0.1) is 0 Å². The number of benzene rings is 1. The van der Waals surface area contributed by atoms with E-state index >= 15 is 0 Å². The molecule has 3 nitrogen and oxygen atoms in total. The van der Waals surface area contributed by atoms with Gasteiger partial charge in [0, 0.05) is 10.0 Å². The Kier molecular flexibility index (Phi) is 5.45. The van der Waals surface area contributed by atoms with Crippen molar-refractivity contribution in [2.45, 2.75) is 32.2 Å². The molecule has 0 radical (unpaired) electrons. The summed E-state index contributed by atoms with van der Waals surface area (Å²) in [6, 6.07) is 5.03. The molecule has 0 aliphatic rings. The van der Waals surface area contributed by atoms with Gasteiger partial charge in [-0.1, -0.05) is 36.2 Å². The lowest BCUT2D eigenvalue weighted by atomic mass is 9.99. The minimum atomic E-state index is -0.587. The Balaban J connectivity index is 2.70. The first kappa shape index (κ1) is 15.3. The first-order chi connectivity index (χ1) is 8.40. The third-order valence-corrected chi connectivity index (χ3v) is 3.52. The molecule has 1 amide bonds. The minimum Gasteiger partial charge on any atom is -0.394 e. The van der Waals surface area contributed by atoms with Crippen molar-refractivity contribution >= 4 is 29.1 Å². The molecule has 0 aliphatic heterocycles. The lowest BCUT2D eigenvalue weighted by Gasteiger charge is -2.27. The van der Waals surface area contributed by atoms with Gasteiger partial charge >= 0.3 is 0 Å². The Morgan fingerprint density at radius 2 is 2.11 bits per heavy atom. The second-order valence-corrected chi connectivity index (χ2v) is 5.38. The summed E-state index contributed by atoms with van der Waals surface area (Å²) < 4.78 is 0. The van der Waals surface area contributed by atoms with Gasteiger partial charge in [-0.05, 0) is 31.0 Å². The molecule has 0 spiro atoms. The van der Waals surface area contributed by atoms with E-state index in [0.29, 0.717) is 16.5 Å². The summed E-state index contributed by atoms with van der Waals surface area (Å²) in [5.74, 6) is -0.169. The van der Waals surface area contributed by atoms with Crippen LogP contribution in [-0.2, 0) is 11.2 Å². The summed E-state index contributed by atoms with van der Waals surface area (Å²) in [5, 5.41) is 13.0. The molecule has 1 atom stereocenters. The smallest absolute Gasteiger partial charge is 0.224 e. The molecular formula is C13H17Cl2NO2. The van der Waals surface area contributed by atoms with Crippen LogP contribution in [0, 0.1) is 0 Å². The first-order valence-corrected chi connectivity index (χ1v) is 6.51. The quantitative estimate of drug-likeness (QED) is 0.876. The van der Waals surface area contributed by atoms with Crippen molar-refractivity contribution in [1.82, 2.24) is 5.32 Å². The molecule has 100 valence electrons. The van der Waals surface area contributed by atoms with Crippen molar-refractivity contribution in [1.29, 1.82) is 0 Å². The number of nitrogens with one attached hydrogen (secondary N) is 1. The number of amides is 1. The van der Waals surface area contributed by atoms with Crippen molar-refractivity contribution in [2.24, 2.45) is 0 Å². The summed E-state index contributed by atoms with van der Waals surface area (Å²) in [7, 11) is 0. The average Bonchev–Trinajstić information content (AvgIpc) is 2.32. The van der Waals surface area contributed by atoms with Gasteiger partial charge in [0.1, 0.15) is 0 Å². The molecule has 1 aromatic carbocycles. The Labute approximate surface area is 117 Å². The van der Waals surface area contributed by atoms with Crippen molar-refractivity contribution in [3.05, 3.63) is 33.8 Å². The number of rotatable bonds is 5. The van der Waals surface area contributed by atoms with Crippen LogP contribution in [0.3, 0.4) is 0 Å². The van der Waals surface area contributed by atoms with E-state index in [9.17, 15) is 9.90 Å². The Hall–Kier alpha value is -0.770. The molecule has 0 saturated carbocycles. The number of aliphatic hydroxyl groups is 1. The van der Waals surface area contributed by atoms with Crippen LogP contribution in [0.4, 0.5) is 0 Å². The largest absolute Gasteiger partial charge is 0.394 e. The molecule has 0 saturated heterocycles. The molecule has 0 heterocycles. The Morgan fingerprint density at radius 3 is 2.61 bits per heavy atom. The van der Waals surface area contributed by atoms with Crippen LogP contribution in [0.15, 0.2) is 18.2 Å². The van der Waals surface area contributed by atoms with Gasteiger partial charge in [0.05, 0.1) is 18.6 Å². The van der Waals surface area contributed by atoms with Gasteiger partial charge < -0.3 is 10.4 Å². The van der Waals surface area contributed by atoms with Crippen LogP contribution < -0.4 is 5.32 Å². The third-order valence-electron chi connectivity index (χ3n) is 2.94. The zero-order valence-electron chi connectivity index (χ0n) is 10.5. The highest BCUT2D eigenvalue weighted by atomic mass is 35.5. The van der Waals surface area contributed by atoms with E-state index in [2.05, 4.69) is 5.32 Å². The van der Waals surface area contributed by atoms with Crippen LogP contribution in [0.1, 0.15) is 25.8 Å². The summed E-state index contributed by atoms with van der Waals surface area (Å²) in [5.41, 5.74) is 0.130. The molecule has 0 aromatic heterocycles. The molecular weight excluding hydrogens is 273 g/mol. The van der Waals surface area contributed by atoms with E-state index in [1.807, 2.05) is 6.92 Å². The van der Waals surface area contributed by atoms with Gasteiger partial charge in [0.25, 0.3) is 0 Å². The second-order valence-electron chi connectivity index (χ2n) is 4.53. The van der Waals surface area contributed by atoms with Crippen molar-refractivity contribution in [3.8, 4) is 0 Å². The fourth-order valence-electron chi connectivity index (χ4n) is 1.46. The van der Waals surface area contributed by atoms with Crippen LogP contribution in [0.2, 0.25) is 10.0 Å². The van der Waals surface area contributed by atoms with E-state index in [0.717, 1.165) is 5.56 Å². The minimum absolute atomic E-state index is 0.0937. The molecule has 18 heavy (non-hydrogen) atoms. The van der Waals surface area contributed by atoms with E-state index in [-0.39, 0.29) is 18.9 Å². The maximum atomic E-state index is 11.9. The zero-order chi connectivity index (χ0) is 13.8. The fourth-order valence-corrected chi connectivity index (χ4v) is 1.93. The topological polar surface area (TPSA) is 49.3 Å². The Bertz CT molecular complexity index is 431. The summed E-state index contributed by atoms with van der Waals surface area (Å²) >= 11 is 11.8. The molecule has 0 fully saturated rings. The lowest BCUT2D eigenvalue weighted by molar-refractivity contribution is -0.122. The van der Waals surface area contributed by atoms with Crippen LogP contribution in [0.25, 0.3) is 0 Å². The van der Waals surface area contributed by atoms with E-state index < -0.39 is 5.54 Å². The van der Waals surface area contributed by atoms with E-state index in [1.54, 1.807) is 25.1 Å². The molecule has 1 unspecified atom stereocenters. The number of carbonyl (C=O) groups excluding carboxylic acids is 1. The second kappa shape index (κ2) is 6.41. The lowest BCUT2D eigenvalue weighted by Crippen LogP contribution is -2.48. The number of carbonyl (C=O) groups is 1. The third kappa shape index (κ3) is 4.16. The van der Waals surface area contributed by atoms with Crippen molar-refractivity contribution in [3.63, 3.8) is 0 Å². The van der Waals surface area contributed by atoms with Gasteiger partial charge in [-0.25, -0.2) is 0 Å². The van der Waals surface area contributed by atoms with Gasteiger partial charge in [0.15, 0.2) is 0 Å². The van der Waals surface area contributed by atoms with Crippen molar-refractivity contribution in [2.75, 3.05) is 6.61 Å². The van der Waals surface area contributed by atoms with E-state index in [1.165, 1.54) is 0 Å². The maximum absolute atomic E-state index is 11.9. The highest BCUT2D eigenvalue weighted by Gasteiger charge is 2.23. The van der Waals surface area contributed by atoms with Crippen LogP contribution >= 0.6 is 23.2 Å². The van der Waals surface area contributed by atoms with Gasteiger partial charge in [-0.3, -0.25) is 4.79 Å². The molecule has 2 N–H and O–H groups in total. The fraction of sp³-hybridized carbons (Fsp3) is 0.462. The van der Waals surface area contributed by atoms with Crippen LogP contribution in [-0.4, -0.2) is 23.2 Å². The Morgan fingerprint density at radius 1 is 1.44 bits per heavy atom. The van der Waals surface area contributed by atoms with Crippen molar-refractivity contribution < 1.29 is 9.90 Å². The first-order valence-electron chi connectivity index (χ1n) is 5.76. The molecule has 1 rings (SSSR count). The zero-order valence-corrected chi connectivity index (χ0v) is 12.0. The number of hydrogen-bond donors (Lipinski definition) is 2. The predicted octanol–water partition coefficient (Wildman–Crippen LogP) is 2.81. The van der Waals surface area contributed by atoms with Crippen LogP contribution in [0.5, 0.6) is 0 Å². The highest BCUT2D eigenvalue weighted by molar-refractivity contribution is 6.35. The molecule has 0 aliphatic carbocycles. The molecule has 1 aromatic rings. The summed E-state index contributed by atoms with van der Waals surface area (Å²) in [6.45, 7) is 3.61. The van der Waals surface area contributed by atoms with Gasteiger partial charge in [0.2, 0.25) is 5.91 Å².